The SMILES string of the molecule is Cc1ccc(NC(=O)C(=O)NC[C@H](c2ccc3c(c2)OCO3)[NH+]2CCOCC2)c(C)c1. The minimum Gasteiger partial charge on any atom is -0.454 e. The molecule has 0 saturated carbocycles. The van der Waals surface area contributed by atoms with E-state index >= 15 is 0 Å². The highest BCUT2D eigenvalue weighted by molar-refractivity contribution is 6.39. The molecule has 1 saturated heterocycles. The quantitative estimate of drug-likeness (QED) is 0.614. The number of aryl methyl sites for hydroxylation is 2. The summed E-state index contributed by atoms with van der Waals surface area (Å²) in [6.45, 7) is 7.40. The van der Waals surface area contributed by atoms with Crippen LogP contribution in [0.1, 0.15) is 22.7 Å². The van der Waals surface area contributed by atoms with Gasteiger partial charge in [-0.3, -0.25) is 9.59 Å². The van der Waals surface area contributed by atoms with Gasteiger partial charge >= 0.3 is 11.8 Å². The molecule has 0 bridgehead atoms. The van der Waals surface area contributed by atoms with E-state index in [1.807, 2.05) is 50.2 Å². The van der Waals surface area contributed by atoms with Gasteiger partial charge in [0.1, 0.15) is 19.1 Å². The lowest BCUT2D eigenvalue weighted by atomic mass is 10.0. The number of quaternary nitrogens is 1. The second kappa shape index (κ2) is 9.36. The molecular weight excluding hydrogens is 398 g/mol. The van der Waals surface area contributed by atoms with E-state index in [9.17, 15) is 9.59 Å². The van der Waals surface area contributed by atoms with Crippen LogP contribution in [0.3, 0.4) is 0 Å². The van der Waals surface area contributed by atoms with Crippen molar-refractivity contribution in [1.29, 1.82) is 0 Å². The first-order valence-corrected chi connectivity index (χ1v) is 10.5. The third kappa shape index (κ3) is 4.98. The van der Waals surface area contributed by atoms with E-state index in [0.29, 0.717) is 31.2 Å². The summed E-state index contributed by atoms with van der Waals surface area (Å²) in [6.07, 6.45) is 0. The number of hydrogen-bond donors (Lipinski definition) is 3. The van der Waals surface area contributed by atoms with Crippen LogP contribution in [-0.4, -0.2) is 51.5 Å². The molecule has 31 heavy (non-hydrogen) atoms. The number of carbonyl (C=O) groups is 2. The third-order valence-electron chi connectivity index (χ3n) is 5.73. The molecule has 1 atom stereocenters. The number of amides is 2. The first kappa shape index (κ1) is 21.1. The number of ether oxygens (including phenoxy) is 3. The predicted octanol–water partition coefficient (Wildman–Crippen LogP) is 0.743. The van der Waals surface area contributed by atoms with Gasteiger partial charge in [0, 0.05) is 11.3 Å². The van der Waals surface area contributed by atoms with Crippen LogP contribution in [0.2, 0.25) is 0 Å². The number of fused-ring (bicyclic) bond motifs is 1. The Hall–Kier alpha value is -3.10. The van der Waals surface area contributed by atoms with Crippen molar-refractivity contribution in [3.8, 4) is 11.5 Å². The van der Waals surface area contributed by atoms with Crippen LogP contribution >= 0.6 is 0 Å². The van der Waals surface area contributed by atoms with Gasteiger partial charge in [0.25, 0.3) is 0 Å². The standard InChI is InChI=1S/C23H27N3O5/c1-15-3-5-18(16(2)11-15)25-23(28)22(27)24-13-19(26-7-9-29-10-8-26)17-4-6-20-21(12-17)31-14-30-20/h3-6,11-12,19H,7-10,13-14H2,1-2H3,(H,24,27)(H,25,28)/p+1/t19-/m1/s1. The van der Waals surface area contributed by atoms with Gasteiger partial charge < -0.3 is 29.7 Å². The summed E-state index contributed by atoms with van der Waals surface area (Å²) in [7, 11) is 0. The first-order chi connectivity index (χ1) is 15.0. The molecule has 0 unspecified atom stereocenters. The van der Waals surface area contributed by atoms with E-state index < -0.39 is 11.8 Å². The van der Waals surface area contributed by atoms with Crippen LogP contribution in [0.4, 0.5) is 5.69 Å². The zero-order chi connectivity index (χ0) is 21.8. The second-order valence-electron chi connectivity index (χ2n) is 7.92. The maximum absolute atomic E-state index is 12.5. The topological polar surface area (TPSA) is 90.3 Å². The van der Waals surface area contributed by atoms with E-state index in [0.717, 1.165) is 35.5 Å². The highest BCUT2D eigenvalue weighted by Gasteiger charge is 2.29. The van der Waals surface area contributed by atoms with E-state index in [1.54, 1.807) is 0 Å². The summed E-state index contributed by atoms with van der Waals surface area (Å²) in [5, 5.41) is 5.51. The number of carbonyl (C=O) groups excluding carboxylic acids is 2. The summed E-state index contributed by atoms with van der Waals surface area (Å²) in [5.74, 6) is 0.0946. The summed E-state index contributed by atoms with van der Waals surface area (Å²) in [4.78, 5) is 26.3. The van der Waals surface area contributed by atoms with Crippen molar-refractivity contribution in [2.45, 2.75) is 19.9 Å². The molecule has 1 fully saturated rings. The smallest absolute Gasteiger partial charge is 0.313 e. The Balaban J connectivity index is 1.44. The predicted molar refractivity (Wildman–Crippen MR) is 114 cm³/mol. The molecule has 4 rings (SSSR count). The number of morpholine rings is 1. The van der Waals surface area contributed by atoms with Gasteiger partial charge in [-0.1, -0.05) is 17.7 Å². The lowest BCUT2D eigenvalue weighted by Crippen LogP contribution is -3.15. The van der Waals surface area contributed by atoms with Crippen molar-refractivity contribution in [3.05, 3.63) is 53.1 Å². The zero-order valence-corrected chi connectivity index (χ0v) is 17.8. The van der Waals surface area contributed by atoms with Gasteiger partial charge in [-0.2, -0.15) is 0 Å². The Kier molecular flexibility index (Phi) is 6.39. The lowest BCUT2D eigenvalue weighted by molar-refractivity contribution is -0.937. The molecular formula is C23H28N3O5+. The Labute approximate surface area is 181 Å². The normalized spacial score (nSPS) is 16.6. The molecule has 8 heteroatoms. The van der Waals surface area contributed by atoms with E-state index in [2.05, 4.69) is 10.6 Å². The summed E-state index contributed by atoms with van der Waals surface area (Å²) < 4.78 is 16.4. The minimum atomic E-state index is -0.673. The van der Waals surface area contributed by atoms with Crippen LogP contribution in [0.25, 0.3) is 0 Å². The molecule has 2 aromatic carbocycles. The van der Waals surface area contributed by atoms with Crippen LogP contribution in [0.5, 0.6) is 11.5 Å². The second-order valence-corrected chi connectivity index (χ2v) is 7.92. The third-order valence-corrected chi connectivity index (χ3v) is 5.73. The molecule has 2 amide bonds. The zero-order valence-electron chi connectivity index (χ0n) is 17.8. The fourth-order valence-electron chi connectivity index (χ4n) is 4.02. The average Bonchev–Trinajstić information content (AvgIpc) is 3.24. The van der Waals surface area contributed by atoms with Gasteiger partial charge in [0.15, 0.2) is 11.5 Å². The van der Waals surface area contributed by atoms with Crippen molar-refractivity contribution in [2.24, 2.45) is 0 Å². The van der Waals surface area contributed by atoms with Crippen molar-refractivity contribution < 1.29 is 28.7 Å². The van der Waals surface area contributed by atoms with Gasteiger partial charge in [-0.25, -0.2) is 0 Å². The molecule has 164 valence electrons. The Bertz CT molecular complexity index is 972. The summed E-state index contributed by atoms with van der Waals surface area (Å²) in [6, 6.07) is 11.5. The van der Waals surface area contributed by atoms with Gasteiger partial charge in [0.05, 0.1) is 19.8 Å². The average molecular weight is 426 g/mol. The molecule has 2 heterocycles. The molecule has 0 aliphatic carbocycles. The highest BCUT2D eigenvalue weighted by Crippen LogP contribution is 2.33. The van der Waals surface area contributed by atoms with Gasteiger partial charge in [0.2, 0.25) is 6.79 Å². The fourth-order valence-corrected chi connectivity index (χ4v) is 4.02. The molecule has 8 nitrogen and oxygen atoms in total. The van der Waals surface area contributed by atoms with Crippen LogP contribution in [-0.2, 0) is 14.3 Å². The Morgan fingerprint density at radius 2 is 1.77 bits per heavy atom. The largest absolute Gasteiger partial charge is 0.454 e. The monoisotopic (exact) mass is 426 g/mol. The lowest BCUT2D eigenvalue weighted by Gasteiger charge is -2.32. The number of benzene rings is 2. The van der Waals surface area contributed by atoms with Crippen LogP contribution in [0.15, 0.2) is 36.4 Å². The van der Waals surface area contributed by atoms with Crippen molar-refractivity contribution in [2.75, 3.05) is 45.0 Å². The minimum absolute atomic E-state index is 0.0312. The number of anilines is 1. The van der Waals surface area contributed by atoms with E-state index in [-0.39, 0.29) is 12.8 Å². The summed E-state index contributed by atoms with van der Waals surface area (Å²) in [5.41, 5.74) is 3.67. The van der Waals surface area contributed by atoms with Crippen LogP contribution < -0.4 is 25.0 Å². The molecule has 0 aromatic heterocycles. The van der Waals surface area contributed by atoms with Gasteiger partial charge in [-0.15, -0.1) is 0 Å². The van der Waals surface area contributed by atoms with E-state index in [1.165, 1.54) is 4.90 Å². The maximum atomic E-state index is 12.5. The van der Waals surface area contributed by atoms with E-state index in [4.69, 9.17) is 14.2 Å². The first-order valence-electron chi connectivity index (χ1n) is 10.5. The van der Waals surface area contributed by atoms with Crippen molar-refractivity contribution in [1.82, 2.24) is 5.32 Å². The molecule has 2 aliphatic rings. The number of hydrogen-bond acceptors (Lipinski definition) is 5. The fraction of sp³-hybridized carbons (Fsp3) is 0.391. The molecule has 0 spiro atoms. The van der Waals surface area contributed by atoms with Crippen molar-refractivity contribution in [3.63, 3.8) is 0 Å². The summed E-state index contributed by atoms with van der Waals surface area (Å²) >= 11 is 0. The maximum Gasteiger partial charge on any atom is 0.313 e. The molecule has 2 aliphatic heterocycles. The van der Waals surface area contributed by atoms with Crippen LogP contribution in [0, 0.1) is 13.8 Å². The van der Waals surface area contributed by atoms with Gasteiger partial charge in [-0.05, 0) is 43.7 Å². The Morgan fingerprint density at radius 3 is 2.55 bits per heavy atom. The molecule has 3 N–H and O–H groups in total. The van der Waals surface area contributed by atoms with Crippen molar-refractivity contribution >= 4 is 17.5 Å². The molecule has 0 radical (unpaired) electrons. The highest BCUT2D eigenvalue weighted by atomic mass is 16.7. The number of nitrogens with one attached hydrogen (secondary N) is 3. The Morgan fingerprint density at radius 1 is 1.00 bits per heavy atom. The molecule has 2 aromatic rings. The number of rotatable bonds is 5.